The number of amides is 4. The Hall–Kier alpha value is -7.98. The molecule has 0 bridgehead atoms. The maximum atomic E-state index is 14.7. The molecule has 18 heteroatoms. The second kappa shape index (κ2) is 25.5. The molecular weight excluding hydrogens is 974 g/mol. The molecule has 3 atom stereocenters. The molecule has 4 aromatic carbocycles. The van der Waals surface area contributed by atoms with E-state index in [-0.39, 0.29) is 62.6 Å². The Kier molecular flexibility index (Phi) is 18.2. The lowest BCUT2D eigenvalue weighted by Gasteiger charge is -2.29. The molecule has 2 aliphatic rings. The molecule has 0 saturated carbocycles. The van der Waals surface area contributed by atoms with E-state index in [1.54, 1.807) is 41.1 Å². The number of nitrogens with one attached hydrogen (secondary N) is 2. The number of carbonyl (C=O) groups is 5. The summed E-state index contributed by atoms with van der Waals surface area (Å²) in [6.45, 7) is 6.11. The fraction of sp³-hybridized carbons (Fsp3) is 0.362. The van der Waals surface area contributed by atoms with Crippen molar-refractivity contribution in [3.8, 4) is 40.0 Å². The number of carbonyl (C=O) groups excluding carboxylic acids is 4. The lowest BCUT2D eigenvalue weighted by molar-refractivity contribution is -0.140. The van der Waals surface area contributed by atoms with Crippen LogP contribution in [0.4, 0.5) is 10.1 Å². The fourth-order valence-electron chi connectivity index (χ4n) is 9.78. The molecule has 5 N–H and O–H groups in total. The van der Waals surface area contributed by atoms with Crippen LogP contribution in [0.2, 0.25) is 0 Å². The molecule has 76 heavy (non-hydrogen) atoms. The topological polar surface area (TPSA) is 227 Å². The molecule has 0 radical (unpaired) electrons. The maximum absolute atomic E-state index is 14.7. The van der Waals surface area contributed by atoms with Gasteiger partial charge in [-0.3, -0.25) is 34.0 Å². The van der Waals surface area contributed by atoms with E-state index in [2.05, 4.69) is 32.8 Å². The zero-order valence-corrected chi connectivity index (χ0v) is 42.5. The number of anilines is 1. The molecule has 2 aliphatic heterocycles. The third kappa shape index (κ3) is 13.6. The van der Waals surface area contributed by atoms with Gasteiger partial charge in [0.2, 0.25) is 11.8 Å². The number of fused-ring (bicyclic) bond motifs is 1. The Balaban J connectivity index is 0.874. The van der Waals surface area contributed by atoms with Gasteiger partial charge < -0.3 is 39.6 Å². The van der Waals surface area contributed by atoms with Crippen LogP contribution in [-0.4, -0.2) is 107 Å². The normalized spacial score (nSPS) is 15.0. The molecule has 17 nitrogen and oxygen atoms in total. The molecule has 4 heterocycles. The highest BCUT2D eigenvalue weighted by Crippen LogP contribution is 2.44. The molecule has 3 unspecified atom stereocenters. The maximum Gasteiger partial charge on any atom is 0.305 e. The largest absolute Gasteiger partial charge is 0.494 e. The number of imide groups is 1. The van der Waals surface area contributed by atoms with Gasteiger partial charge in [-0.1, -0.05) is 67.3 Å². The van der Waals surface area contributed by atoms with E-state index in [0.717, 1.165) is 24.1 Å². The van der Waals surface area contributed by atoms with Crippen molar-refractivity contribution in [3.05, 3.63) is 143 Å². The van der Waals surface area contributed by atoms with Gasteiger partial charge in [0.05, 0.1) is 42.2 Å². The van der Waals surface area contributed by atoms with Crippen LogP contribution in [0, 0.1) is 17.7 Å². The predicted molar refractivity (Wildman–Crippen MR) is 281 cm³/mol. The van der Waals surface area contributed by atoms with Crippen LogP contribution in [0.1, 0.15) is 114 Å². The number of hydrogen-bond donors (Lipinski definition) is 5. The number of ether oxygens (including phenoxy) is 2. The summed E-state index contributed by atoms with van der Waals surface area (Å²) in [7, 11) is 0. The van der Waals surface area contributed by atoms with E-state index >= 15 is 0 Å². The van der Waals surface area contributed by atoms with E-state index in [1.807, 2.05) is 73.1 Å². The van der Waals surface area contributed by atoms with Crippen molar-refractivity contribution in [2.75, 3.05) is 25.1 Å². The summed E-state index contributed by atoms with van der Waals surface area (Å²) in [5.74, 6) is 3.51. The van der Waals surface area contributed by atoms with Crippen molar-refractivity contribution in [2.45, 2.75) is 115 Å². The van der Waals surface area contributed by atoms with Crippen LogP contribution in [0.15, 0.2) is 103 Å². The predicted octanol–water partition coefficient (Wildman–Crippen LogP) is 7.53. The lowest BCUT2D eigenvalue weighted by Crippen LogP contribution is -2.52. The number of aliphatic hydroxyl groups is 2. The minimum absolute atomic E-state index is 0.129. The van der Waals surface area contributed by atoms with Crippen molar-refractivity contribution in [3.63, 3.8) is 0 Å². The number of benzene rings is 4. The molecule has 396 valence electrons. The second-order valence-corrected chi connectivity index (χ2v) is 19.3. The number of halogens is 1. The van der Waals surface area contributed by atoms with Gasteiger partial charge in [-0.2, -0.15) is 0 Å². The quantitative estimate of drug-likeness (QED) is 0.0225. The fourth-order valence-corrected chi connectivity index (χ4v) is 9.78. The minimum atomic E-state index is -1.24. The molecule has 0 aliphatic carbocycles. The Morgan fingerprint density at radius 2 is 1.70 bits per heavy atom. The van der Waals surface area contributed by atoms with Crippen LogP contribution in [-0.2, 0) is 45.2 Å². The summed E-state index contributed by atoms with van der Waals surface area (Å²) < 4.78 is 30.4. The summed E-state index contributed by atoms with van der Waals surface area (Å²) in [5.41, 5.74) is 6.97. The van der Waals surface area contributed by atoms with Crippen molar-refractivity contribution in [1.82, 2.24) is 29.8 Å². The average Bonchev–Trinajstić information content (AvgIpc) is 4.23. The number of piperidine rings is 1. The van der Waals surface area contributed by atoms with E-state index in [9.17, 15) is 43.7 Å². The third-order valence-electron chi connectivity index (χ3n) is 13.3. The van der Waals surface area contributed by atoms with Crippen molar-refractivity contribution >= 4 is 35.3 Å². The van der Waals surface area contributed by atoms with E-state index in [4.69, 9.17) is 9.47 Å². The highest BCUT2D eigenvalue weighted by molar-refractivity contribution is 6.12. The van der Waals surface area contributed by atoms with Crippen LogP contribution < -0.4 is 15.4 Å². The molecule has 6 aromatic rings. The Bertz CT molecular complexity index is 3110. The standard InChI is InChI=1S/C58H62FN7O10/c1-37(2)54-53(57(73)60-42-15-4-3-5-16-42)52(55(39-20-22-41(59)23-21-39)65(54)28-26-44(67)33-45(68)34-51(70)71)40-13-8-18-46(32-40)76-31-11-17-43-35-64(63-62-43)27-6-7-29-75-30-10-14-38-12-9-19-47-48(38)36-66(58(47)74)49-24-25-50(69)61-56(49)72/h3-5,8-9,12-13,15-16,18-23,32,35,37,44-45,49,67-68H,6-7,11,17,24-31,33-34,36H2,1-2H3,(H,60,73)(H,70,71)(H,61,69,72). The van der Waals surface area contributed by atoms with Crippen LogP contribution >= 0.6 is 0 Å². The van der Waals surface area contributed by atoms with Gasteiger partial charge in [0.1, 0.15) is 24.2 Å². The Labute approximate surface area is 440 Å². The highest BCUT2D eigenvalue weighted by atomic mass is 19.1. The van der Waals surface area contributed by atoms with Gasteiger partial charge in [-0.05, 0) is 128 Å². The van der Waals surface area contributed by atoms with Crippen LogP contribution in [0.5, 0.6) is 5.75 Å². The zero-order valence-electron chi connectivity index (χ0n) is 42.5. The molecule has 4 amide bonds. The van der Waals surface area contributed by atoms with E-state index in [1.165, 1.54) is 17.0 Å². The summed E-state index contributed by atoms with van der Waals surface area (Å²) >= 11 is 0. The van der Waals surface area contributed by atoms with Gasteiger partial charge in [0, 0.05) is 66.9 Å². The Morgan fingerprint density at radius 3 is 2.46 bits per heavy atom. The number of nitrogens with zero attached hydrogens (tertiary/aromatic N) is 5. The number of rotatable bonds is 24. The monoisotopic (exact) mass is 1040 g/mol. The number of para-hydroxylation sites is 1. The van der Waals surface area contributed by atoms with E-state index in [0.29, 0.717) is 95.2 Å². The first-order valence-electron chi connectivity index (χ1n) is 25.7. The minimum Gasteiger partial charge on any atom is -0.494 e. The second-order valence-electron chi connectivity index (χ2n) is 19.3. The number of aliphatic carboxylic acids is 1. The van der Waals surface area contributed by atoms with Crippen LogP contribution in [0.25, 0.3) is 22.4 Å². The zero-order chi connectivity index (χ0) is 53.7. The van der Waals surface area contributed by atoms with Gasteiger partial charge >= 0.3 is 5.97 Å². The summed E-state index contributed by atoms with van der Waals surface area (Å²) in [5, 5.41) is 44.6. The van der Waals surface area contributed by atoms with Gasteiger partial charge in [0.15, 0.2) is 0 Å². The third-order valence-corrected chi connectivity index (χ3v) is 13.3. The molecule has 1 saturated heterocycles. The smallest absolute Gasteiger partial charge is 0.305 e. The summed E-state index contributed by atoms with van der Waals surface area (Å²) in [6.07, 6.45) is 2.42. The lowest BCUT2D eigenvalue weighted by atomic mass is 9.94. The molecule has 1 fully saturated rings. The number of aryl methyl sites for hydroxylation is 2. The number of aliphatic hydroxyl groups excluding tert-OH is 2. The highest BCUT2D eigenvalue weighted by Gasteiger charge is 2.40. The van der Waals surface area contributed by atoms with Gasteiger partial charge in [-0.25, -0.2) is 4.39 Å². The number of carboxylic acid groups (broad SMARTS) is 1. The summed E-state index contributed by atoms with van der Waals surface area (Å²) in [4.78, 5) is 64.6. The first kappa shape index (κ1) is 54.3. The first-order chi connectivity index (χ1) is 36.7. The van der Waals surface area contributed by atoms with Crippen LogP contribution in [0.3, 0.4) is 0 Å². The number of carboxylic acids is 1. The Morgan fingerprint density at radius 1 is 0.908 bits per heavy atom. The molecular formula is C58H62FN7O10. The first-order valence-corrected chi connectivity index (χ1v) is 25.7. The SMILES string of the molecule is CC(C)c1c(C(=O)Nc2ccccc2)c(-c2cccc(OCCCc3cn(CCCCOCC#Cc4cccc5c4CN(C4CCC(=O)NC4=O)C5=O)nn3)c2)c(-c2ccc(F)cc2)n1CCC(O)CC(O)CC(=O)O. The number of hydrogen-bond acceptors (Lipinski definition) is 11. The van der Waals surface area contributed by atoms with E-state index < -0.39 is 42.4 Å². The molecule has 8 rings (SSSR count). The molecule has 0 spiro atoms. The van der Waals surface area contributed by atoms with Crippen molar-refractivity contribution in [1.29, 1.82) is 0 Å². The van der Waals surface area contributed by atoms with Crippen molar-refractivity contribution < 1.29 is 53.2 Å². The van der Waals surface area contributed by atoms with Gasteiger partial charge in [-0.15, -0.1) is 5.10 Å². The number of unbranched alkanes of at least 4 members (excludes halogenated alkanes) is 1. The van der Waals surface area contributed by atoms with Gasteiger partial charge in [0.25, 0.3) is 11.8 Å². The summed E-state index contributed by atoms with van der Waals surface area (Å²) in [6, 6.07) is 27.2. The van der Waals surface area contributed by atoms with Crippen molar-refractivity contribution in [2.24, 2.45) is 0 Å². The molecule has 2 aromatic heterocycles. The number of aromatic nitrogens is 4. The average molecular weight is 1040 g/mol.